The summed E-state index contributed by atoms with van der Waals surface area (Å²) in [7, 11) is 0. The third-order valence-corrected chi connectivity index (χ3v) is 3.93. The highest BCUT2D eigenvalue weighted by Crippen LogP contribution is 2.24. The second-order valence-electron chi connectivity index (χ2n) is 4.99. The van der Waals surface area contributed by atoms with Crippen LogP contribution in [0.2, 0.25) is 0 Å². The van der Waals surface area contributed by atoms with E-state index in [1.165, 1.54) is 4.90 Å². The number of aromatic hydroxyl groups is 1. The van der Waals surface area contributed by atoms with E-state index in [1.54, 1.807) is 18.2 Å². The normalized spacial score (nSPS) is 18.3. The van der Waals surface area contributed by atoms with Crippen LogP contribution in [0.1, 0.15) is 5.56 Å². The number of aromatic amines is 1. The molecule has 6 heteroatoms. The van der Waals surface area contributed by atoms with Crippen molar-refractivity contribution in [3.63, 3.8) is 0 Å². The van der Waals surface area contributed by atoms with Gasteiger partial charge in [0.2, 0.25) is 0 Å². The number of nitrogens with one attached hydrogen (secondary N) is 2. The zero-order chi connectivity index (χ0) is 15.0. The van der Waals surface area contributed by atoms with Crippen molar-refractivity contribution in [2.75, 3.05) is 6.54 Å². The van der Waals surface area contributed by atoms with Crippen LogP contribution < -0.4 is 5.32 Å². The molecular formula is C15H15N3O2S. The fourth-order valence-corrected chi connectivity index (χ4v) is 2.88. The number of hydrogen-bond donors (Lipinski definition) is 3. The summed E-state index contributed by atoms with van der Waals surface area (Å²) in [5.74, 6) is 0.160. The number of benzene rings is 1. The first-order valence-corrected chi connectivity index (χ1v) is 7.02. The van der Waals surface area contributed by atoms with E-state index in [9.17, 15) is 9.90 Å². The first-order valence-electron chi connectivity index (χ1n) is 6.62. The average Bonchev–Trinajstić information content (AvgIpc) is 2.96. The SMILES string of the molecule is C=CCN1C(=O)C(Cc2c[nH]c3ccc(O)cc23)NC1=S. The van der Waals surface area contributed by atoms with Crippen LogP contribution in [0.5, 0.6) is 5.75 Å². The summed E-state index contributed by atoms with van der Waals surface area (Å²) in [4.78, 5) is 17.0. The van der Waals surface area contributed by atoms with E-state index in [4.69, 9.17) is 12.2 Å². The minimum absolute atomic E-state index is 0.0468. The van der Waals surface area contributed by atoms with Crippen LogP contribution in [0.3, 0.4) is 0 Å². The fraction of sp³-hybridized carbons (Fsp3) is 0.200. The van der Waals surface area contributed by atoms with Crippen molar-refractivity contribution in [1.29, 1.82) is 0 Å². The van der Waals surface area contributed by atoms with Crippen LogP contribution in [0.4, 0.5) is 0 Å². The van der Waals surface area contributed by atoms with Crippen LogP contribution in [-0.2, 0) is 11.2 Å². The summed E-state index contributed by atoms with van der Waals surface area (Å²) in [5, 5.41) is 14.0. The van der Waals surface area contributed by atoms with Crippen molar-refractivity contribution in [2.24, 2.45) is 0 Å². The number of carbonyl (C=O) groups excluding carboxylic acids is 1. The molecule has 1 aromatic heterocycles. The van der Waals surface area contributed by atoms with E-state index in [1.807, 2.05) is 12.3 Å². The summed E-state index contributed by atoms with van der Waals surface area (Å²) >= 11 is 5.17. The molecule has 0 bridgehead atoms. The summed E-state index contributed by atoms with van der Waals surface area (Å²) < 4.78 is 0. The van der Waals surface area contributed by atoms with Gasteiger partial charge in [-0.25, -0.2) is 0 Å². The van der Waals surface area contributed by atoms with Gasteiger partial charge >= 0.3 is 0 Å². The molecule has 21 heavy (non-hydrogen) atoms. The molecule has 1 unspecified atom stereocenters. The molecule has 1 aliphatic heterocycles. The van der Waals surface area contributed by atoms with Gasteiger partial charge in [0.1, 0.15) is 11.8 Å². The van der Waals surface area contributed by atoms with Gasteiger partial charge in [-0.3, -0.25) is 9.69 Å². The second kappa shape index (κ2) is 5.21. The van der Waals surface area contributed by atoms with Crippen LogP contribution >= 0.6 is 12.2 Å². The second-order valence-corrected chi connectivity index (χ2v) is 5.37. The Morgan fingerprint density at radius 1 is 1.48 bits per heavy atom. The zero-order valence-electron chi connectivity index (χ0n) is 11.3. The summed E-state index contributed by atoms with van der Waals surface area (Å²) in [6.45, 7) is 4.04. The standard InChI is InChI=1S/C15H15N3O2S/c1-2-5-18-14(20)13(17-15(18)21)6-9-8-16-12-4-3-10(19)7-11(9)12/h2-4,7-8,13,16,19H,1,5-6H2,(H,17,21). The Hall–Kier alpha value is -2.34. The molecule has 1 aromatic carbocycles. The van der Waals surface area contributed by atoms with Crippen molar-refractivity contribution in [3.8, 4) is 5.75 Å². The van der Waals surface area contributed by atoms with Gasteiger partial charge < -0.3 is 15.4 Å². The van der Waals surface area contributed by atoms with Crippen LogP contribution in [-0.4, -0.2) is 38.6 Å². The Morgan fingerprint density at radius 3 is 3.05 bits per heavy atom. The number of amides is 1. The molecule has 1 saturated heterocycles. The van der Waals surface area contributed by atoms with E-state index in [0.717, 1.165) is 16.5 Å². The molecule has 0 aliphatic carbocycles. The lowest BCUT2D eigenvalue weighted by molar-refractivity contribution is -0.126. The molecule has 1 fully saturated rings. The van der Waals surface area contributed by atoms with Gasteiger partial charge in [-0.2, -0.15) is 0 Å². The van der Waals surface area contributed by atoms with Gasteiger partial charge in [0.05, 0.1) is 0 Å². The Balaban J connectivity index is 1.86. The number of phenolic OH excluding ortho intramolecular Hbond substituents is 1. The highest BCUT2D eigenvalue weighted by Gasteiger charge is 2.34. The molecular weight excluding hydrogens is 286 g/mol. The molecule has 0 spiro atoms. The monoisotopic (exact) mass is 301 g/mol. The molecule has 1 atom stereocenters. The highest BCUT2D eigenvalue weighted by atomic mass is 32.1. The van der Waals surface area contributed by atoms with Gasteiger partial charge in [0.25, 0.3) is 5.91 Å². The number of rotatable bonds is 4. The number of hydrogen-bond acceptors (Lipinski definition) is 3. The van der Waals surface area contributed by atoms with Crippen LogP contribution in [0, 0.1) is 0 Å². The molecule has 0 radical (unpaired) electrons. The van der Waals surface area contributed by atoms with Crippen molar-refractivity contribution < 1.29 is 9.90 Å². The Kier molecular flexibility index (Phi) is 3.39. The maximum Gasteiger partial charge on any atom is 0.251 e. The predicted molar refractivity (Wildman–Crippen MR) is 85.1 cm³/mol. The molecule has 3 rings (SSSR count). The molecule has 1 amide bonds. The van der Waals surface area contributed by atoms with Gasteiger partial charge in [-0.15, -0.1) is 6.58 Å². The minimum atomic E-state index is -0.376. The Bertz CT molecular complexity index is 738. The van der Waals surface area contributed by atoms with Crippen LogP contribution in [0.15, 0.2) is 37.1 Å². The lowest BCUT2D eigenvalue weighted by atomic mass is 10.0. The molecule has 2 aromatic rings. The molecule has 5 nitrogen and oxygen atoms in total. The van der Waals surface area contributed by atoms with E-state index < -0.39 is 0 Å². The molecule has 108 valence electrons. The first kappa shape index (κ1) is 13.6. The number of thiocarbonyl (C=S) groups is 1. The molecule has 3 N–H and O–H groups in total. The van der Waals surface area contributed by atoms with E-state index in [0.29, 0.717) is 18.1 Å². The van der Waals surface area contributed by atoms with E-state index >= 15 is 0 Å². The van der Waals surface area contributed by atoms with E-state index in [2.05, 4.69) is 16.9 Å². The number of aromatic nitrogens is 1. The van der Waals surface area contributed by atoms with Crippen molar-refractivity contribution in [1.82, 2.24) is 15.2 Å². The maximum absolute atomic E-state index is 12.3. The number of carbonyl (C=O) groups is 1. The lowest BCUT2D eigenvalue weighted by Gasteiger charge is -2.11. The average molecular weight is 301 g/mol. The fourth-order valence-electron chi connectivity index (χ4n) is 2.57. The van der Waals surface area contributed by atoms with Gasteiger partial charge in [-0.05, 0) is 36.0 Å². The third-order valence-electron chi connectivity index (χ3n) is 3.59. The Labute approximate surface area is 127 Å². The number of fused-ring (bicyclic) bond motifs is 1. The topological polar surface area (TPSA) is 68.4 Å². The maximum atomic E-state index is 12.3. The van der Waals surface area contributed by atoms with E-state index in [-0.39, 0.29) is 17.7 Å². The largest absolute Gasteiger partial charge is 0.508 e. The van der Waals surface area contributed by atoms with Gasteiger partial charge in [0, 0.05) is 30.1 Å². The van der Waals surface area contributed by atoms with Gasteiger partial charge in [-0.1, -0.05) is 6.08 Å². The van der Waals surface area contributed by atoms with Gasteiger partial charge in [0.15, 0.2) is 5.11 Å². The van der Waals surface area contributed by atoms with Crippen LogP contribution in [0.25, 0.3) is 10.9 Å². The molecule has 1 aliphatic rings. The molecule has 0 saturated carbocycles. The predicted octanol–water partition coefficient (Wildman–Crippen LogP) is 1.69. The van der Waals surface area contributed by atoms with Crippen molar-refractivity contribution >= 4 is 34.1 Å². The number of nitrogens with zero attached hydrogens (tertiary/aromatic N) is 1. The first-order chi connectivity index (χ1) is 10.1. The zero-order valence-corrected chi connectivity index (χ0v) is 12.1. The third kappa shape index (κ3) is 2.38. The molecule has 2 heterocycles. The van der Waals surface area contributed by atoms with Crippen molar-refractivity contribution in [3.05, 3.63) is 42.6 Å². The number of phenols is 1. The quantitative estimate of drug-likeness (QED) is 0.594. The van der Waals surface area contributed by atoms with Crippen molar-refractivity contribution in [2.45, 2.75) is 12.5 Å². The smallest absolute Gasteiger partial charge is 0.251 e. The highest BCUT2D eigenvalue weighted by molar-refractivity contribution is 7.80. The summed E-state index contributed by atoms with van der Waals surface area (Å²) in [6.07, 6.45) is 4.02. The lowest BCUT2D eigenvalue weighted by Crippen LogP contribution is -2.32. The number of H-pyrrole nitrogens is 1. The Morgan fingerprint density at radius 2 is 2.29 bits per heavy atom. The minimum Gasteiger partial charge on any atom is -0.508 e. The summed E-state index contributed by atoms with van der Waals surface area (Å²) in [5.41, 5.74) is 1.90. The summed E-state index contributed by atoms with van der Waals surface area (Å²) in [6, 6.07) is 4.76.